The maximum atomic E-state index is 5.31. The molecule has 0 aromatic heterocycles. The predicted molar refractivity (Wildman–Crippen MR) is 71.7 cm³/mol. The van der Waals surface area contributed by atoms with Crippen molar-refractivity contribution in [2.45, 2.75) is 19.3 Å². The Balaban J connectivity index is 0.000000606. The third-order valence-electron chi connectivity index (χ3n) is 2.76. The van der Waals surface area contributed by atoms with E-state index in [2.05, 4.69) is 36.1 Å². The molecule has 1 aromatic rings. The normalized spacial score (nSPS) is 14.6. The third kappa shape index (κ3) is 3.17. The molecule has 0 aliphatic carbocycles. The molecule has 1 heteroatoms. The second-order valence-corrected chi connectivity index (χ2v) is 3.74. The van der Waals surface area contributed by atoms with Crippen LogP contribution in [0.5, 0.6) is 0 Å². The van der Waals surface area contributed by atoms with Crippen molar-refractivity contribution in [1.29, 1.82) is 0 Å². The SMILES string of the molecule is C#Cc1ccc(N2CCCCC2)cc1.C=C. The van der Waals surface area contributed by atoms with Gasteiger partial charge < -0.3 is 4.90 Å². The quantitative estimate of drug-likeness (QED) is 0.510. The van der Waals surface area contributed by atoms with Crippen LogP contribution in [0.4, 0.5) is 5.69 Å². The van der Waals surface area contributed by atoms with E-state index in [1.54, 1.807) is 0 Å². The van der Waals surface area contributed by atoms with E-state index in [-0.39, 0.29) is 0 Å². The van der Waals surface area contributed by atoms with Gasteiger partial charge in [-0.3, -0.25) is 0 Å². The second kappa shape index (κ2) is 6.74. The van der Waals surface area contributed by atoms with E-state index in [0.29, 0.717) is 0 Å². The van der Waals surface area contributed by atoms with Crippen LogP contribution in [0.2, 0.25) is 0 Å². The molecule has 1 aliphatic heterocycles. The molecule has 0 amide bonds. The lowest BCUT2D eigenvalue weighted by molar-refractivity contribution is 0.578. The van der Waals surface area contributed by atoms with Gasteiger partial charge in [0.25, 0.3) is 0 Å². The van der Waals surface area contributed by atoms with Gasteiger partial charge >= 0.3 is 0 Å². The third-order valence-corrected chi connectivity index (χ3v) is 2.76. The number of terminal acetylenes is 1. The summed E-state index contributed by atoms with van der Waals surface area (Å²) in [5.41, 5.74) is 2.27. The van der Waals surface area contributed by atoms with E-state index in [1.807, 2.05) is 12.1 Å². The molecule has 0 spiro atoms. The second-order valence-electron chi connectivity index (χ2n) is 3.74. The summed E-state index contributed by atoms with van der Waals surface area (Å²) < 4.78 is 0. The molecule has 0 radical (unpaired) electrons. The summed E-state index contributed by atoms with van der Waals surface area (Å²) in [5, 5.41) is 0. The summed E-state index contributed by atoms with van der Waals surface area (Å²) in [7, 11) is 0. The first-order valence-electron chi connectivity index (χ1n) is 5.72. The van der Waals surface area contributed by atoms with Crippen molar-refractivity contribution in [2.24, 2.45) is 0 Å². The van der Waals surface area contributed by atoms with Crippen LogP contribution in [0.15, 0.2) is 37.4 Å². The Morgan fingerprint density at radius 2 is 1.56 bits per heavy atom. The van der Waals surface area contributed by atoms with Gasteiger partial charge in [0, 0.05) is 24.3 Å². The molecule has 0 unspecified atom stereocenters. The molecule has 1 aromatic carbocycles. The van der Waals surface area contributed by atoms with Crippen LogP contribution in [0.25, 0.3) is 0 Å². The molecule has 0 N–H and O–H groups in total. The Bertz CT molecular complexity index is 339. The molecular formula is C15H19N. The molecular weight excluding hydrogens is 194 g/mol. The summed E-state index contributed by atoms with van der Waals surface area (Å²) >= 11 is 0. The van der Waals surface area contributed by atoms with Gasteiger partial charge in [-0.05, 0) is 43.5 Å². The first kappa shape index (κ1) is 12.4. The van der Waals surface area contributed by atoms with Crippen LogP contribution in [0.1, 0.15) is 24.8 Å². The van der Waals surface area contributed by atoms with Gasteiger partial charge in [0.15, 0.2) is 0 Å². The average Bonchev–Trinajstić information content (AvgIpc) is 2.42. The highest BCUT2D eigenvalue weighted by molar-refractivity contribution is 5.50. The summed E-state index contributed by atoms with van der Waals surface area (Å²) in [5.74, 6) is 2.64. The fraction of sp³-hybridized carbons (Fsp3) is 0.333. The maximum Gasteiger partial charge on any atom is 0.0367 e. The fourth-order valence-electron chi connectivity index (χ4n) is 1.92. The van der Waals surface area contributed by atoms with Crippen LogP contribution in [0.3, 0.4) is 0 Å². The van der Waals surface area contributed by atoms with E-state index in [1.165, 1.54) is 38.0 Å². The highest BCUT2D eigenvalue weighted by atomic mass is 15.1. The van der Waals surface area contributed by atoms with E-state index >= 15 is 0 Å². The zero-order valence-electron chi connectivity index (χ0n) is 9.78. The Morgan fingerprint density at radius 3 is 2.06 bits per heavy atom. The number of hydrogen-bond acceptors (Lipinski definition) is 1. The fourth-order valence-corrected chi connectivity index (χ4v) is 1.92. The van der Waals surface area contributed by atoms with Gasteiger partial charge in [-0.25, -0.2) is 0 Å². The van der Waals surface area contributed by atoms with Crippen molar-refractivity contribution in [2.75, 3.05) is 18.0 Å². The number of rotatable bonds is 1. The molecule has 0 atom stereocenters. The predicted octanol–water partition coefficient (Wildman–Crippen LogP) is 3.46. The van der Waals surface area contributed by atoms with Gasteiger partial charge in [-0.15, -0.1) is 19.6 Å². The first-order valence-corrected chi connectivity index (χ1v) is 5.72. The van der Waals surface area contributed by atoms with Gasteiger partial charge in [0.05, 0.1) is 0 Å². The summed E-state index contributed by atoms with van der Waals surface area (Å²) in [6.07, 6.45) is 9.32. The van der Waals surface area contributed by atoms with E-state index in [0.717, 1.165) is 5.56 Å². The van der Waals surface area contributed by atoms with Crippen molar-refractivity contribution in [3.63, 3.8) is 0 Å². The van der Waals surface area contributed by atoms with Crippen LogP contribution >= 0.6 is 0 Å². The maximum absolute atomic E-state index is 5.31. The van der Waals surface area contributed by atoms with E-state index in [9.17, 15) is 0 Å². The molecule has 1 aliphatic rings. The summed E-state index contributed by atoms with van der Waals surface area (Å²) in [4.78, 5) is 2.43. The largest absolute Gasteiger partial charge is 0.372 e. The van der Waals surface area contributed by atoms with Crippen molar-refractivity contribution >= 4 is 5.69 Å². The zero-order valence-corrected chi connectivity index (χ0v) is 9.78. The van der Waals surface area contributed by atoms with Crippen LogP contribution in [0, 0.1) is 12.3 Å². The van der Waals surface area contributed by atoms with Crippen molar-refractivity contribution < 1.29 is 0 Å². The molecule has 1 saturated heterocycles. The Labute approximate surface area is 98.8 Å². The average molecular weight is 213 g/mol. The standard InChI is InChI=1S/C13H15N.C2H4/c1-2-12-6-8-13(9-7-12)14-10-4-3-5-11-14;1-2/h1,6-9H,3-5,10-11H2;1-2H2. The lowest BCUT2D eigenvalue weighted by Crippen LogP contribution is -2.29. The topological polar surface area (TPSA) is 3.24 Å². The summed E-state index contributed by atoms with van der Waals surface area (Å²) in [6.45, 7) is 8.38. The van der Waals surface area contributed by atoms with Crippen molar-refractivity contribution in [3.8, 4) is 12.3 Å². The molecule has 1 nitrogen and oxygen atoms in total. The van der Waals surface area contributed by atoms with Gasteiger partial charge in [-0.1, -0.05) is 5.92 Å². The molecule has 1 fully saturated rings. The number of nitrogens with zero attached hydrogens (tertiary/aromatic N) is 1. The minimum Gasteiger partial charge on any atom is -0.372 e. The molecule has 2 rings (SSSR count). The minimum absolute atomic E-state index is 0.964. The van der Waals surface area contributed by atoms with Gasteiger partial charge in [-0.2, -0.15) is 0 Å². The highest BCUT2D eigenvalue weighted by Crippen LogP contribution is 2.19. The molecule has 0 bridgehead atoms. The summed E-state index contributed by atoms with van der Waals surface area (Å²) in [6, 6.07) is 8.29. The van der Waals surface area contributed by atoms with E-state index in [4.69, 9.17) is 6.42 Å². The number of anilines is 1. The number of hydrogen-bond donors (Lipinski definition) is 0. The Kier molecular flexibility index (Phi) is 5.22. The molecule has 1 heterocycles. The lowest BCUT2D eigenvalue weighted by Gasteiger charge is -2.28. The molecule has 84 valence electrons. The molecule has 16 heavy (non-hydrogen) atoms. The van der Waals surface area contributed by atoms with Crippen molar-refractivity contribution in [1.82, 2.24) is 0 Å². The van der Waals surface area contributed by atoms with Crippen LogP contribution in [-0.4, -0.2) is 13.1 Å². The van der Waals surface area contributed by atoms with Gasteiger partial charge in [0.2, 0.25) is 0 Å². The van der Waals surface area contributed by atoms with Crippen molar-refractivity contribution in [3.05, 3.63) is 43.0 Å². The van der Waals surface area contributed by atoms with Crippen LogP contribution < -0.4 is 4.90 Å². The Morgan fingerprint density at radius 1 is 1.00 bits per heavy atom. The lowest BCUT2D eigenvalue weighted by atomic mass is 10.1. The highest BCUT2D eigenvalue weighted by Gasteiger charge is 2.09. The van der Waals surface area contributed by atoms with Crippen LogP contribution in [-0.2, 0) is 0 Å². The Hall–Kier alpha value is -1.68. The van der Waals surface area contributed by atoms with E-state index < -0.39 is 0 Å². The monoisotopic (exact) mass is 213 g/mol. The molecule has 0 saturated carbocycles. The number of piperidine rings is 1. The first-order chi connectivity index (χ1) is 7.90. The minimum atomic E-state index is 0.964. The zero-order chi connectivity index (χ0) is 11.8. The number of benzene rings is 1. The smallest absolute Gasteiger partial charge is 0.0367 e. The van der Waals surface area contributed by atoms with Gasteiger partial charge in [0.1, 0.15) is 0 Å².